The Hall–Kier alpha value is -3.48. The number of nitrogens with zero attached hydrogens (tertiary/aromatic N) is 1. The SMILES string of the molecule is O=C(O)c1ccc2c(c1)C(=O)N(Cc1ccccc1C(=O)O)C2=O. The lowest BCUT2D eigenvalue weighted by molar-refractivity contribution is 0.0627. The van der Waals surface area contributed by atoms with E-state index in [1.165, 1.54) is 24.3 Å². The van der Waals surface area contributed by atoms with Crippen molar-refractivity contribution >= 4 is 23.8 Å². The summed E-state index contributed by atoms with van der Waals surface area (Å²) in [7, 11) is 0. The standard InChI is InChI=1S/C17H11NO6/c19-14-12-6-5-9(16(21)22)7-13(12)15(20)18(14)8-10-3-1-2-4-11(10)17(23)24/h1-7H,8H2,(H,21,22)(H,23,24). The minimum Gasteiger partial charge on any atom is -0.478 e. The summed E-state index contributed by atoms with van der Waals surface area (Å²) in [5, 5.41) is 18.2. The molecule has 0 saturated carbocycles. The fraction of sp³-hybridized carbons (Fsp3) is 0.0588. The highest BCUT2D eigenvalue weighted by Crippen LogP contribution is 2.26. The van der Waals surface area contributed by atoms with Gasteiger partial charge in [0, 0.05) is 0 Å². The summed E-state index contributed by atoms with van der Waals surface area (Å²) in [6.45, 7) is -0.197. The minimum absolute atomic E-state index is 0.000260. The van der Waals surface area contributed by atoms with Gasteiger partial charge in [0.05, 0.1) is 28.8 Å². The quantitative estimate of drug-likeness (QED) is 0.830. The van der Waals surface area contributed by atoms with Crippen LogP contribution in [0.2, 0.25) is 0 Å². The van der Waals surface area contributed by atoms with Crippen LogP contribution in [-0.4, -0.2) is 38.9 Å². The predicted octanol–water partition coefficient (Wildman–Crippen LogP) is 1.88. The van der Waals surface area contributed by atoms with Crippen molar-refractivity contribution in [1.29, 1.82) is 0 Å². The summed E-state index contributed by atoms with van der Waals surface area (Å²) in [4.78, 5) is 48.0. The molecule has 1 aliphatic heterocycles. The zero-order valence-electron chi connectivity index (χ0n) is 12.2. The zero-order chi connectivity index (χ0) is 17.4. The topological polar surface area (TPSA) is 112 Å². The summed E-state index contributed by atoms with van der Waals surface area (Å²) in [6.07, 6.45) is 0. The maximum atomic E-state index is 12.4. The number of carboxylic acids is 2. The highest BCUT2D eigenvalue weighted by molar-refractivity contribution is 6.21. The molecule has 0 spiro atoms. The summed E-state index contributed by atoms with van der Waals surface area (Å²) < 4.78 is 0. The van der Waals surface area contributed by atoms with Gasteiger partial charge in [-0.05, 0) is 29.8 Å². The lowest BCUT2D eigenvalue weighted by Gasteiger charge is -2.15. The van der Waals surface area contributed by atoms with Crippen molar-refractivity contribution in [2.45, 2.75) is 6.54 Å². The monoisotopic (exact) mass is 325 g/mol. The molecule has 0 radical (unpaired) electrons. The van der Waals surface area contributed by atoms with Crippen LogP contribution in [0.3, 0.4) is 0 Å². The molecule has 2 aromatic rings. The predicted molar refractivity (Wildman–Crippen MR) is 81.0 cm³/mol. The van der Waals surface area contributed by atoms with E-state index in [0.717, 1.165) is 11.0 Å². The second-order valence-corrected chi connectivity index (χ2v) is 5.22. The maximum absolute atomic E-state index is 12.4. The molecule has 0 aliphatic carbocycles. The molecule has 0 aromatic heterocycles. The van der Waals surface area contributed by atoms with Crippen LogP contribution in [0.1, 0.15) is 47.0 Å². The number of rotatable bonds is 4. The molecule has 0 unspecified atom stereocenters. The summed E-state index contributed by atoms with van der Waals surface area (Å²) in [5.74, 6) is -3.58. The number of carbonyl (C=O) groups is 4. The van der Waals surface area contributed by atoms with Gasteiger partial charge in [0.15, 0.2) is 0 Å². The molecule has 1 heterocycles. The van der Waals surface area contributed by atoms with Crippen LogP contribution in [0.25, 0.3) is 0 Å². The third kappa shape index (κ3) is 2.41. The fourth-order valence-corrected chi connectivity index (χ4v) is 2.60. The van der Waals surface area contributed by atoms with Crippen molar-refractivity contribution in [3.63, 3.8) is 0 Å². The first-order valence-electron chi connectivity index (χ1n) is 6.95. The van der Waals surface area contributed by atoms with E-state index in [9.17, 15) is 24.3 Å². The van der Waals surface area contributed by atoms with Crippen molar-refractivity contribution in [1.82, 2.24) is 4.90 Å². The molecule has 0 atom stereocenters. The molecular weight excluding hydrogens is 314 g/mol. The molecule has 0 saturated heterocycles. The van der Waals surface area contributed by atoms with Gasteiger partial charge < -0.3 is 10.2 Å². The van der Waals surface area contributed by atoms with Crippen molar-refractivity contribution in [2.24, 2.45) is 0 Å². The van der Waals surface area contributed by atoms with Gasteiger partial charge in [0.1, 0.15) is 0 Å². The van der Waals surface area contributed by atoms with Crippen LogP contribution in [0, 0.1) is 0 Å². The second-order valence-electron chi connectivity index (χ2n) is 5.22. The number of aromatic carboxylic acids is 2. The van der Waals surface area contributed by atoms with Crippen molar-refractivity contribution in [3.8, 4) is 0 Å². The minimum atomic E-state index is -1.20. The highest BCUT2D eigenvalue weighted by atomic mass is 16.4. The van der Waals surface area contributed by atoms with Gasteiger partial charge in [-0.2, -0.15) is 0 Å². The molecular formula is C17H11NO6. The first kappa shape index (κ1) is 15.4. The average Bonchev–Trinajstić information content (AvgIpc) is 2.79. The molecule has 0 bridgehead atoms. The summed E-state index contributed by atoms with van der Waals surface area (Å²) >= 11 is 0. The summed E-state index contributed by atoms with van der Waals surface area (Å²) in [6, 6.07) is 9.77. The summed E-state index contributed by atoms with van der Waals surface area (Å²) in [5.41, 5.74) is 0.339. The van der Waals surface area contributed by atoms with Crippen LogP contribution in [0.5, 0.6) is 0 Å². The molecule has 2 amide bonds. The van der Waals surface area contributed by atoms with E-state index in [2.05, 4.69) is 0 Å². The molecule has 2 N–H and O–H groups in total. The molecule has 0 fully saturated rings. The van der Waals surface area contributed by atoms with E-state index in [1.807, 2.05) is 0 Å². The number of carbonyl (C=O) groups excluding carboxylic acids is 2. The fourth-order valence-electron chi connectivity index (χ4n) is 2.60. The smallest absolute Gasteiger partial charge is 0.336 e. The number of hydrogen-bond donors (Lipinski definition) is 2. The molecule has 2 aromatic carbocycles. The Morgan fingerprint density at radius 3 is 2.21 bits per heavy atom. The Morgan fingerprint density at radius 1 is 0.875 bits per heavy atom. The molecule has 1 aliphatic rings. The van der Waals surface area contributed by atoms with Gasteiger partial charge in [-0.3, -0.25) is 14.5 Å². The first-order valence-corrected chi connectivity index (χ1v) is 6.95. The second kappa shape index (κ2) is 5.62. The third-order valence-electron chi connectivity index (χ3n) is 3.79. The van der Waals surface area contributed by atoms with E-state index in [-0.39, 0.29) is 28.8 Å². The lowest BCUT2D eigenvalue weighted by atomic mass is 10.1. The van der Waals surface area contributed by atoms with Crippen LogP contribution >= 0.6 is 0 Å². The largest absolute Gasteiger partial charge is 0.478 e. The van der Waals surface area contributed by atoms with E-state index < -0.39 is 23.8 Å². The van der Waals surface area contributed by atoms with Crippen LogP contribution in [0.15, 0.2) is 42.5 Å². The van der Waals surface area contributed by atoms with Gasteiger partial charge in [-0.15, -0.1) is 0 Å². The molecule has 24 heavy (non-hydrogen) atoms. The van der Waals surface area contributed by atoms with Crippen LogP contribution < -0.4 is 0 Å². The van der Waals surface area contributed by atoms with Crippen LogP contribution in [-0.2, 0) is 6.54 Å². The molecule has 120 valence electrons. The Balaban J connectivity index is 1.97. The van der Waals surface area contributed by atoms with Gasteiger partial charge in [0.2, 0.25) is 0 Å². The highest BCUT2D eigenvalue weighted by Gasteiger charge is 2.36. The van der Waals surface area contributed by atoms with Crippen molar-refractivity contribution in [2.75, 3.05) is 0 Å². The normalized spacial score (nSPS) is 13.1. The first-order chi connectivity index (χ1) is 11.4. The van der Waals surface area contributed by atoms with E-state index in [4.69, 9.17) is 5.11 Å². The lowest BCUT2D eigenvalue weighted by Crippen LogP contribution is -2.29. The number of imide groups is 1. The van der Waals surface area contributed by atoms with Crippen molar-refractivity contribution < 1.29 is 29.4 Å². The van der Waals surface area contributed by atoms with Gasteiger partial charge in [0.25, 0.3) is 11.8 Å². The average molecular weight is 325 g/mol. The van der Waals surface area contributed by atoms with E-state index >= 15 is 0 Å². The van der Waals surface area contributed by atoms with Crippen molar-refractivity contribution in [3.05, 3.63) is 70.3 Å². The Kier molecular flexibility index (Phi) is 3.61. The van der Waals surface area contributed by atoms with E-state index in [1.54, 1.807) is 12.1 Å². The molecule has 7 heteroatoms. The number of fused-ring (bicyclic) bond motifs is 1. The van der Waals surface area contributed by atoms with Gasteiger partial charge in [-0.1, -0.05) is 18.2 Å². The maximum Gasteiger partial charge on any atom is 0.336 e. The number of amides is 2. The zero-order valence-corrected chi connectivity index (χ0v) is 12.2. The number of hydrogen-bond acceptors (Lipinski definition) is 4. The third-order valence-corrected chi connectivity index (χ3v) is 3.79. The Morgan fingerprint density at radius 2 is 1.54 bits per heavy atom. The van der Waals surface area contributed by atoms with Gasteiger partial charge in [-0.25, -0.2) is 9.59 Å². The number of carboxylic acid groups (broad SMARTS) is 2. The molecule has 7 nitrogen and oxygen atoms in total. The molecule has 3 rings (SSSR count). The Labute approximate surface area is 135 Å². The van der Waals surface area contributed by atoms with Crippen LogP contribution in [0.4, 0.5) is 0 Å². The van der Waals surface area contributed by atoms with E-state index in [0.29, 0.717) is 5.56 Å². The van der Waals surface area contributed by atoms with Gasteiger partial charge >= 0.3 is 11.9 Å². The number of benzene rings is 2. The Bertz CT molecular complexity index is 902.